The molecule has 0 aromatic heterocycles. The molecule has 1 saturated heterocycles. The fourth-order valence-corrected chi connectivity index (χ4v) is 2.09. The molecule has 1 fully saturated rings. The number of anilines is 1. The molecule has 4 heteroatoms. The second-order valence-electron chi connectivity index (χ2n) is 3.92. The highest BCUT2D eigenvalue weighted by atomic mass is 79.9. The van der Waals surface area contributed by atoms with Gasteiger partial charge in [-0.3, -0.25) is 0 Å². The third-order valence-electron chi connectivity index (χ3n) is 2.81. The molecule has 0 atom stereocenters. The van der Waals surface area contributed by atoms with Gasteiger partial charge in [0.2, 0.25) is 0 Å². The zero-order valence-corrected chi connectivity index (χ0v) is 10.0. The van der Waals surface area contributed by atoms with Crippen molar-refractivity contribution in [3.8, 4) is 0 Å². The number of halogens is 2. The van der Waals surface area contributed by atoms with Crippen LogP contribution in [-0.2, 0) is 0 Å². The lowest BCUT2D eigenvalue weighted by Crippen LogP contribution is -2.39. The first-order chi connectivity index (χ1) is 7.16. The monoisotopic (exact) mass is 272 g/mol. The summed E-state index contributed by atoms with van der Waals surface area (Å²) in [5.74, 6) is -0.206. The Balaban J connectivity index is 2.12. The van der Waals surface area contributed by atoms with E-state index in [1.807, 2.05) is 6.07 Å². The van der Waals surface area contributed by atoms with Crippen LogP contribution in [0, 0.1) is 5.82 Å². The topological polar surface area (TPSA) is 29.3 Å². The van der Waals surface area contributed by atoms with E-state index in [4.69, 9.17) is 5.73 Å². The Hall–Kier alpha value is -0.610. The van der Waals surface area contributed by atoms with E-state index in [2.05, 4.69) is 20.8 Å². The van der Waals surface area contributed by atoms with Crippen LogP contribution in [0.3, 0.4) is 0 Å². The quantitative estimate of drug-likeness (QED) is 0.851. The van der Waals surface area contributed by atoms with Gasteiger partial charge in [0.15, 0.2) is 0 Å². The average Bonchev–Trinajstić information content (AvgIpc) is 2.23. The van der Waals surface area contributed by atoms with Crippen molar-refractivity contribution in [2.24, 2.45) is 5.73 Å². The third-order valence-corrected chi connectivity index (χ3v) is 3.45. The van der Waals surface area contributed by atoms with Crippen molar-refractivity contribution >= 4 is 21.6 Å². The summed E-state index contributed by atoms with van der Waals surface area (Å²) in [6.07, 6.45) is 1.97. The molecule has 0 aliphatic carbocycles. The Morgan fingerprint density at radius 2 is 2.00 bits per heavy atom. The van der Waals surface area contributed by atoms with Gasteiger partial charge in [0.1, 0.15) is 5.82 Å². The molecular weight excluding hydrogens is 259 g/mol. The second kappa shape index (κ2) is 4.49. The summed E-state index contributed by atoms with van der Waals surface area (Å²) < 4.78 is 13.8. The van der Waals surface area contributed by atoms with Crippen LogP contribution >= 0.6 is 15.9 Å². The van der Waals surface area contributed by atoms with E-state index in [-0.39, 0.29) is 5.82 Å². The standard InChI is InChI=1S/C11H14BrFN2/c12-10-2-1-9(7-11(10)13)15-5-3-8(14)4-6-15/h1-2,7-8H,3-6,14H2. The smallest absolute Gasteiger partial charge is 0.139 e. The molecule has 1 aliphatic rings. The van der Waals surface area contributed by atoms with Crippen molar-refractivity contribution in [3.63, 3.8) is 0 Å². The van der Waals surface area contributed by atoms with Gasteiger partial charge >= 0.3 is 0 Å². The molecule has 0 unspecified atom stereocenters. The number of hydrogen-bond donors (Lipinski definition) is 1. The third kappa shape index (κ3) is 2.49. The number of rotatable bonds is 1. The lowest BCUT2D eigenvalue weighted by molar-refractivity contribution is 0.500. The minimum absolute atomic E-state index is 0.206. The van der Waals surface area contributed by atoms with Crippen LogP contribution in [0.2, 0.25) is 0 Å². The average molecular weight is 273 g/mol. The first-order valence-corrected chi connectivity index (χ1v) is 5.91. The molecule has 15 heavy (non-hydrogen) atoms. The summed E-state index contributed by atoms with van der Waals surface area (Å²) in [7, 11) is 0. The predicted octanol–water partition coefficient (Wildman–Crippen LogP) is 2.52. The van der Waals surface area contributed by atoms with Gasteiger partial charge in [-0.15, -0.1) is 0 Å². The van der Waals surface area contributed by atoms with Crippen LogP contribution in [0.4, 0.5) is 10.1 Å². The Bertz CT molecular complexity index is 348. The van der Waals surface area contributed by atoms with E-state index in [0.29, 0.717) is 10.5 Å². The van der Waals surface area contributed by atoms with E-state index in [1.165, 1.54) is 0 Å². The zero-order valence-electron chi connectivity index (χ0n) is 8.42. The van der Waals surface area contributed by atoms with Crippen LogP contribution < -0.4 is 10.6 Å². The summed E-state index contributed by atoms with van der Waals surface area (Å²) in [6.45, 7) is 1.84. The lowest BCUT2D eigenvalue weighted by atomic mass is 10.1. The van der Waals surface area contributed by atoms with Gasteiger partial charge in [0, 0.05) is 24.8 Å². The summed E-state index contributed by atoms with van der Waals surface area (Å²) in [4.78, 5) is 2.18. The molecule has 1 aliphatic heterocycles. The van der Waals surface area contributed by atoms with Crippen molar-refractivity contribution in [1.82, 2.24) is 0 Å². The number of hydrogen-bond acceptors (Lipinski definition) is 2. The highest BCUT2D eigenvalue weighted by Gasteiger charge is 2.16. The van der Waals surface area contributed by atoms with Gasteiger partial charge in [-0.05, 0) is 47.0 Å². The van der Waals surface area contributed by atoms with Crippen LogP contribution in [-0.4, -0.2) is 19.1 Å². The Morgan fingerprint density at radius 1 is 1.33 bits per heavy atom. The van der Waals surface area contributed by atoms with E-state index < -0.39 is 0 Å². The molecule has 82 valence electrons. The van der Waals surface area contributed by atoms with Crippen molar-refractivity contribution < 1.29 is 4.39 Å². The lowest BCUT2D eigenvalue weighted by Gasteiger charge is -2.32. The second-order valence-corrected chi connectivity index (χ2v) is 4.78. The zero-order chi connectivity index (χ0) is 10.8. The largest absolute Gasteiger partial charge is 0.371 e. The molecule has 2 nitrogen and oxygen atoms in total. The minimum Gasteiger partial charge on any atom is -0.371 e. The van der Waals surface area contributed by atoms with Gasteiger partial charge < -0.3 is 10.6 Å². The predicted molar refractivity (Wildman–Crippen MR) is 63.5 cm³/mol. The summed E-state index contributed by atoms with van der Waals surface area (Å²) >= 11 is 3.15. The maximum Gasteiger partial charge on any atom is 0.139 e. The van der Waals surface area contributed by atoms with E-state index >= 15 is 0 Å². The number of benzene rings is 1. The molecule has 0 bridgehead atoms. The number of piperidine rings is 1. The molecule has 2 N–H and O–H groups in total. The van der Waals surface area contributed by atoms with Crippen LogP contribution in [0.15, 0.2) is 22.7 Å². The van der Waals surface area contributed by atoms with Crippen molar-refractivity contribution in [2.45, 2.75) is 18.9 Å². The molecule has 0 saturated carbocycles. The first-order valence-electron chi connectivity index (χ1n) is 5.12. The maximum absolute atomic E-state index is 13.3. The van der Waals surface area contributed by atoms with E-state index in [1.54, 1.807) is 12.1 Å². The van der Waals surface area contributed by atoms with Crippen LogP contribution in [0.25, 0.3) is 0 Å². The maximum atomic E-state index is 13.3. The Labute approximate surface area is 97.4 Å². The summed E-state index contributed by atoms with van der Waals surface area (Å²) in [5, 5.41) is 0. The van der Waals surface area contributed by atoms with Gasteiger partial charge in [-0.2, -0.15) is 0 Å². The Morgan fingerprint density at radius 3 is 2.60 bits per heavy atom. The highest BCUT2D eigenvalue weighted by molar-refractivity contribution is 9.10. The summed E-state index contributed by atoms with van der Waals surface area (Å²) in [5.41, 5.74) is 6.77. The number of nitrogens with two attached hydrogens (primary N) is 1. The van der Waals surface area contributed by atoms with Gasteiger partial charge in [0.25, 0.3) is 0 Å². The molecule has 1 heterocycles. The number of nitrogens with zero attached hydrogens (tertiary/aromatic N) is 1. The van der Waals surface area contributed by atoms with Crippen molar-refractivity contribution in [3.05, 3.63) is 28.5 Å². The van der Waals surface area contributed by atoms with Crippen molar-refractivity contribution in [2.75, 3.05) is 18.0 Å². The fraction of sp³-hybridized carbons (Fsp3) is 0.455. The van der Waals surface area contributed by atoms with Gasteiger partial charge in [0.05, 0.1) is 4.47 Å². The molecule has 1 aromatic rings. The molecule has 2 rings (SSSR count). The molecule has 0 amide bonds. The molecular formula is C11H14BrFN2. The van der Waals surface area contributed by atoms with Crippen LogP contribution in [0.1, 0.15) is 12.8 Å². The van der Waals surface area contributed by atoms with Gasteiger partial charge in [-0.1, -0.05) is 0 Å². The summed E-state index contributed by atoms with van der Waals surface area (Å²) in [6, 6.07) is 5.56. The first kappa shape index (κ1) is 10.9. The van der Waals surface area contributed by atoms with Crippen molar-refractivity contribution in [1.29, 1.82) is 0 Å². The molecule has 0 radical (unpaired) electrons. The molecule has 1 aromatic carbocycles. The SMILES string of the molecule is NC1CCN(c2ccc(Br)c(F)c2)CC1. The Kier molecular flexibility index (Phi) is 3.26. The normalized spacial score (nSPS) is 18.2. The fourth-order valence-electron chi connectivity index (χ4n) is 1.84. The molecule has 0 spiro atoms. The van der Waals surface area contributed by atoms with E-state index in [9.17, 15) is 4.39 Å². The minimum atomic E-state index is -0.206. The van der Waals surface area contributed by atoms with E-state index in [0.717, 1.165) is 31.6 Å². The highest BCUT2D eigenvalue weighted by Crippen LogP contribution is 2.24. The van der Waals surface area contributed by atoms with Crippen LogP contribution in [0.5, 0.6) is 0 Å². The van der Waals surface area contributed by atoms with Gasteiger partial charge in [-0.25, -0.2) is 4.39 Å².